The number of fused-ring (bicyclic) bond motifs is 1. The molecule has 0 bridgehead atoms. The Morgan fingerprint density at radius 2 is 1.61 bits per heavy atom. The summed E-state index contributed by atoms with van der Waals surface area (Å²) in [5, 5.41) is 9.15. The zero-order valence-electron chi connectivity index (χ0n) is 20.7. The van der Waals surface area contributed by atoms with Gasteiger partial charge in [0.25, 0.3) is 0 Å². The lowest BCUT2D eigenvalue weighted by molar-refractivity contribution is -0.138. The molecule has 1 aliphatic heterocycles. The smallest absolute Gasteiger partial charge is 0.307 e. The van der Waals surface area contributed by atoms with Crippen LogP contribution in [0.3, 0.4) is 0 Å². The molecule has 2 aliphatic carbocycles. The first-order chi connectivity index (χ1) is 18.5. The molecule has 3 aromatic rings. The molecule has 0 radical (unpaired) electrons. The number of hydrogen-bond donors (Lipinski definition) is 1. The second kappa shape index (κ2) is 10.3. The number of carboxylic acid groups (broad SMARTS) is 1. The van der Waals surface area contributed by atoms with E-state index >= 15 is 0 Å². The third-order valence-corrected chi connectivity index (χ3v) is 7.53. The molecule has 1 heterocycles. The van der Waals surface area contributed by atoms with Gasteiger partial charge < -0.3 is 24.1 Å². The van der Waals surface area contributed by atoms with E-state index in [0.29, 0.717) is 60.9 Å². The second-order valence-corrected chi connectivity index (χ2v) is 10.1. The summed E-state index contributed by atoms with van der Waals surface area (Å²) in [5.74, 6) is -0.408. The third-order valence-electron chi connectivity index (χ3n) is 7.53. The molecule has 38 heavy (non-hydrogen) atoms. The van der Waals surface area contributed by atoms with Crippen molar-refractivity contribution in [2.75, 3.05) is 13.2 Å². The summed E-state index contributed by atoms with van der Waals surface area (Å²) in [6.45, 7) is 1.21. The molecule has 198 valence electrons. The van der Waals surface area contributed by atoms with Gasteiger partial charge in [0.15, 0.2) is 11.6 Å². The van der Waals surface area contributed by atoms with Crippen molar-refractivity contribution >= 4 is 5.97 Å². The van der Waals surface area contributed by atoms with Crippen molar-refractivity contribution in [3.8, 4) is 23.0 Å². The first-order valence-electron chi connectivity index (χ1n) is 13.0. The molecule has 1 saturated carbocycles. The maximum absolute atomic E-state index is 14.9. The molecule has 3 atom stereocenters. The molecule has 0 unspecified atom stereocenters. The number of aliphatic carboxylic acids is 1. The highest BCUT2D eigenvalue weighted by Crippen LogP contribution is 2.48. The van der Waals surface area contributed by atoms with Gasteiger partial charge in [0.2, 0.25) is 0 Å². The fourth-order valence-corrected chi connectivity index (χ4v) is 5.39. The summed E-state index contributed by atoms with van der Waals surface area (Å²) >= 11 is 0. The minimum Gasteiger partial charge on any atom is -0.487 e. The summed E-state index contributed by atoms with van der Waals surface area (Å²) in [6, 6.07) is 14.7. The first kappa shape index (κ1) is 24.7. The van der Waals surface area contributed by atoms with E-state index < -0.39 is 17.9 Å². The highest BCUT2D eigenvalue weighted by molar-refractivity contribution is 5.75. The second-order valence-electron chi connectivity index (χ2n) is 10.1. The van der Waals surface area contributed by atoms with Crippen LogP contribution in [0, 0.1) is 17.6 Å². The molecule has 3 aromatic carbocycles. The van der Waals surface area contributed by atoms with Gasteiger partial charge >= 0.3 is 5.97 Å². The van der Waals surface area contributed by atoms with E-state index in [1.807, 2.05) is 12.1 Å². The molecule has 0 amide bonds. The molecular formula is C30H28F2O6. The predicted molar refractivity (Wildman–Crippen MR) is 134 cm³/mol. The minimum absolute atomic E-state index is 0.0400. The maximum Gasteiger partial charge on any atom is 0.307 e. The monoisotopic (exact) mass is 522 g/mol. The van der Waals surface area contributed by atoms with Crippen molar-refractivity contribution < 1.29 is 37.6 Å². The molecule has 1 N–H and O–H groups in total. The highest BCUT2D eigenvalue weighted by Gasteiger charge is 2.44. The predicted octanol–water partition coefficient (Wildman–Crippen LogP) is 6.57. The van der Waals surface area contributed by atoms with Gasteiger partial charge in [0.05, 0.1) is 19.1 Å². The van der Waals surface area contributed by atoms with Crippen LogP contribution < -0.4 is 14.2 Å². The number of benzene rings is 3. The van der Waals surface area contributed by atoms with E-state index in [-0.39, 0.29) is 29.5 Å². The molecule has 1 saturated heterocycles. The Bertz CT molecular complexity index is 1340. The van der Waals surface area contributed by atoms with Crippen molar-refractivity contribution in [3.63, 3.8) is 0 Å². The highest BCUT2D eigenvalue weighted by atomic mass is 19.1. The molecule has 6 nitrogen and oxygen atoms in total. The van der Waals surface area contributed by atoms with Gasteiger partial charge in [0, 0.05) is 30.0 Å². The topological polar surface area (TPSA) is 74.2 Å². The van der Waals surface area contributed by atoms with Crippen molar-refractivity contribution in [3.05, 3.63) is 82.9 Å². The van der Waals surface area contributed by atoms with Gasteiger partial charge in [-0.2, -0.15) is 0 Å². The zero-order valence-corrected chi connectivity index (χ0v) is 20.7. The van der Waals surface area contributed by atoms with Crippen LogP contribution in [0.2, 0.25) is 0 Å². The fourth-order valence-electron chi connectivity index (χ4n) is 5.39. The molecule has 8 heteroatoms. The molecule has 2 fully saturated rings. The van der Waals surface area contributed by atoms with Crippen LogP contribution in [0.4, 0.5) is 8.78 Å². The van der Waals surface area contributed by atoms with Crippen LogP contribution in [0.1, 0.15) is 54.4 Å². The quantitative estimate of drug-likeness (QED) is 0.361. The maximum atomic E-state index is 14.9. The van der Waals surface area contributed by atoms with E-state index in [0.717, 1.165) is 18.4 Å². The molecule has 0 spiro atoms. The van der Waals surface area contributed by atoms with Crippen molar-refractivity contribution in [2.45, 2.75) is 50.2 Å². The van der Waals surface area contributed by atoms with Gasteiger partial charge in [0.1, 0.15) is 35.3 Å². The van der Waals surface area contributed by atoms with E-state index in [4.69, 9.17) is 24.1 Å². The van der Waals surface area contributed by atoms with Crippen LogP contribution in [0.5, 0.6) is 23.0 Å². The van der Waals surface area contributed by atoms with Gasteiger partial charge in [-0.25, -0.2) is 8.78 Å². The summed E-state index contributed by atoms with van der Waals surface area (Å²) < 4.78 is 52.9. The Morgan fingerprint density at radius 1 is 0.868 bits per heavy atom. The van der Waals surface area contributed by atoms with Crippen molar-refractivity contribution in [1.82, 2.24) is 0 Å². The molecule has 3 aliphatic rings. The molecular weight excluding hydrogens is 494 g/mol. The SMILES string of the molecule is O=C(O)[C@H]1C[C@@H]1c1ccc(O[C@@H]2CCc3c(Oc4ccc(OC5CCOCC5)c(F)c4)ccc(F)c32)cc1. The van der Waals surface area contributed by atoms with Crippen molar-refractivity contribution in [2.24, 2.45) is 5.92 Å². The summed E-state index contributed by atoms with van der Waals surface area (Å²) in [7, 11) is 0. The Hall–Kier alpha value is -3.65. The lowest BCUT2D eigenvalue weighted by Gasteiger charge is -2.23. The van der Waals surface area contributed by atoms with E-state index in [2.05, 4.69) is 0 Å². The number of halogens is 2. The van der Waals surface area contributed by atoms with Crippen LogP contribution in [0.15, 0.2) is 54.6 Å². The number of ether oxygens (including phenoxy) is 4. The van der Waals surface area contributed by atoms with Gasteiger partial charge in [-0.05, 0) is 67.1 Å². The minimum atomic E-state index is -0.770. The third kappa shape index (κ3) is 5.05. The largest absolute Gasteiger partial charge is 0.487 e. The van der Waals surface area contributed by atoms with Gasteiger partial charge in [-0.15, -0.1) is 0 Å². The van der Waals surface area contributed by atoms with E-state index in [9.17, 15) is 13.6 Å². The van der Waals surface area contributed by atoms with Crippen LogP contribution in [0.25, 0.3) is 0 Å². The number of hydrogen-bond acceptors (Lipinski definition) is 5. The summed E-state index contributed by atoms with van der Waals surface area (Å²) in [4.78, 5) is 11.1. The standard InChI is InChI=1S/C30H28F2O6/c31-24-7-10-26(38-20-5-8-27(25(32)15-20)36-19-11-13-35-14-12-19)21-6-9-28(29(21)24)37-18-3-1-17(2-4-18)22-16-23(22)30(33)34/h1-5,7-8,10,15,19,22-23,28H,6,9,11-14,16H2,(H,33,34)/t22-,23+,28-/m1/s1. The number of carbonyl (C=O) groups is 1. The lowest BCUT2D eigenvalue weighted by atomic mass is 10.1. The average molecular weight is 523 g/mol. The molecule has 0 aromatic heterocycles. The summed E-state index contributed by atoms with van der Waals surface area (Å²) in [5.41, 5.74) is 2.12. The Kier molecular flexibility index (Phi) is 6.66. The van der Waals surface area contributed by atoms with E-state index in [1.54, 1.807) is 30.3 Å². The number of carboxylic acids is 1. The fraction of sp³-hybridized carbons (Fsp3) is 0.367. The Morgan fingerprint density at radius 3 is 2.32 bits per heavy atom. The average Bonchev–Trinajstić information content (AvgIpc) is 3.62. The van der Waals surface area contributed by atoms with Crippen molar-refractivity contribution in [1.29, 1.82) is 0 Å². The molecule has 6 rings (SSSR count). The zero-order chi connectivity index (χ0) is 26.2. The lowest BCUT2D eigenvalue weighted by Crippen LogP contribution is -2.26. The Labute approximate surface area is 219 Å². The number of rotatable bonds is 8. The van der Waals surface area contributed by atoms with Crippen LogP contribution in [-0.2, 0) is 16.0 Å². The van der Waals surface area contributed by atoms with Gasteiger partial charge in [-0.1, -0.05) is 12.1 Å². The van der Waals surface area contributed by atoms with Crippen LogP contribution >= 0.6 is 0 Å². The van der Waals surface area contributed by atoms with Crippen LogP contribution in [-0.4, -0.2) is 30.4 Å². The van der Waals surface area contributed by atoms with E-state index in [1.165, 1.54) is 12.1 Å². The van der Waals surface area contributed by atoms with Gasteiger partial charge in [-0.3, -0.25) is 4.79 Å². The summed E-state index contributed by atoms with van der Waals surface area (Å²) in [6.07, 6.45) is 2.66. The first-order valence-corrected chi connectivity index (χ1v) is 13.0. The Balaban J connectivity index is 1.14. The normalized spacial score (nSPS) is 22.5.